The number of hydrogen-bond acceptors (Lipinski definition) is 7. The number of aromatic nitrogens is 5. The molecule has 1 aromatic carbocycles. The zero-order chi connectivity index (χ0) is 20.1. The summed E-state index contributed by atoms with van der Waals surface area (Å²) < 4.78 is 5.15. The molecule has 146 valence electrons. The maximum absolute atomic E-state index is 12.2. The van der Waals surface area contributed by atoms with Gasteiger partial charge in [0.1, 0.15) is 16.6 Å². The van der Waals surface area contributed by atoms with Gasteiger partial charge in [-0.25, -0.2) is 9.97 Å². The van der Waals surface area contributed by atoms with Gasteiger partial charge in [0.15, 0.2) is 5.82 Å². The van der Waals surface area contributed by atoms with E-state index in [0.29, 0.717) is 17.3 Å². The summed E-state index contributed by atoms with van der Waals surface area (Å²) in [6, 6.07) is 13.1. The van der Waals surface area contributed by atoms with Gasteiger partial charge in [-0.05, 0) is 36.4 Å². The molecule has 1 amide bonds. The maximum atomic E-state index is 12.2. The summed E-state index contributed by atoms with van der Waals surface area (Å²) in [6.45, 7) is 0.263. The minimum absolute atomic E-state index is 0.134. The van der Waals surface area contributed by atoms with Crippen molar-refractivity contribution >= 4 is 17.2 Å². The highest BCUT2D eigenvalue weighted by molar-refractivity contribution is 7.13. The van der Waals surface area contributed by atoms with Crippen molar-refractivity contribution in [2.75, 3.05) is 7.11 Å². The molecule has 0 radical (unpaired) electrons. The Hall–Kier alpha value is -3.59. The molecule has 4 rings (SSSR count). The molecule has 8 nitrogen and oxygen atoms in total. The zero-order valence-corrected chi connectivity index (χ0v) is 16.4. The fraction of sp³-hybridized carbons (Fsp3) is 0.150. The molecule has 0 fully saturated rings. The minimum Gasteiger partial charge on any atom is -0.497 e. The average molecular weight is 406 g/mol. The van der Waals surface area contributed by atoms with Crippen LogP contribution in [0, 0.1) is 0 Å². The molecule has 0 aliphatic heterocycles. The van der Waals surface area contributed by atoms with Crippen molar-refractivity contribution in [3.05, 3.63) is 65.6 Å². The van der Waals surface area contributed by atoms with Crippen LogP contribution in [0.5, 0.6) is 5.75 Å². The number of aromatic amines is 1. The Morgan fingerprint density at radius 1 is 1.17 bits per heavy atom. The van der Waals surface area contributed by atoms with E-state index in [-0.39, 0.29) is 18.9 Å². The summed E-state index contributed by atoms with van der Waals surface area (Å²) in [5.74, 6) is 1.78. The Morgan fingerprint density at radius 2 is 2.03 bits per heavy atom. The van der Waals surface area contributed by atoms with Crippen LogP contribution in [0.2, 0.25) is 0 Å². The number of rotatable bonds is 7. The van der Waals surface area contributed by atoms with Gasteiger partial charge in [-0.2, -0.15) is 5.10 Å². The van der Waals surface area contributed by atoms with E-state index < -0.39 is 0 Å². The van der Waals surface area contributed by atoms with Crippen molar-refractivity contribution < 1.29 is 9.53 Å². The summed E-state index contributed by atoms with van der Waals surface area (Å²) in [7, 11) is 1.62. The Morgan fingerprint density at radius 3 is 2.79 bits per heavy atom. The summed E-state index contributed by atoms with van der Waals surface area (Å²) in [6.07, 6.45) is 1.92. The number of nitrogens with zero attached hydrogens (tertiary/aromatic N) is 4. The summed E-state index contributed by atoms with van der Waals surface area (Å²) >= 11 is 1.47. The highest BCUT2D eigenvalue weighted by atomic mass is 32.1. The third kappa shape index (κ3) is 4.64. The molecule has 0 spiro atoms. The Balaban J connectivity index is 1.32. The number of benzene rings is 1. The lowest BCUT2D eigenvalue weighted by molar-refractivity contribution is -0.120. The molecule has 2 N–H and O–H groups in total. The van der Waals surface area contributed by atoms with Crippen molar-refractivity contribution in [1.82, 2.24) is 30.5 Å². The molecule has 0 aliphatic carbocycles. The van der Waals surface area contributed by atoms with Crippen LogP contribution < -0.4 is 10.1 Å². The fourth-order valence-electron chi connectivity index (χ4n) is 2.65. The smallest absolute Gasteiger partial charge is 0.226 e. The van der Waals surface area contributed by atoms with Crippen molar-refractivity contribution in [3.8, 4) is 27.8 Å². The fourth-order valence-corrected chi connectivity index (χ4v) is 3.44. The van der Waals surface area contributed by atoms with Crippen molar-refractivity contribution in [2.24, 2.45) is 0 Å². The first kappa shape index (κ1) is 18.8. The van der Waals surface area contributed by atoms with Gasteiger partial charge in [-0.3, -0.25) is 14.9 Å². The van der Waals surface area contributed by atoms with E-state index in [9.17, 15) is 4.79 Å². The van der Waals surface area contributed by atoms with Gasteiger partial charge < -0.3 is 10.1 Å². The number of carbonyl (C=O) groups excluding carboxylic acids is 1. The van der Waals surface area contributed by atoms with Crippen LogP contribution in [-0.2, 0) is 17.8 Å². The Kier molecular flexibility index (Phi) is 5.57. The highest BCUT2D eigenvalue weighted by Crippen LogP contribution is 2.21. The normalized spacial score (nSPS) is 10.7. The molecule has 4 aromatic rings. The third-order valence-corrected chi connectivity index (χ3v) is 5.02. The summed E-state index contributed by atoms with van der Waals surface area (Å²) in [4.78, 5) is 25.4. The minimum atomic E-state index is -0.134. The topological polar surface area (TPSA) is 106 Å². The lowest BCUT2D eigenvalue weighted by Crippen LogP contribution is -2.25. The number of thiazole rings is 1. The number of methoxy groups -OCH3 is 1. The first-order chi connectivity index (χ1) is 14.2. The number of amides is 1. The molecule has 3 aromatic heterocycles. The quantitative estimate of drug-likeness (QED) is 0.489. The number of H-pyrrole nitrogens is 1. The van der Waals surface area contributed by atoms with Crippen molar-refractivity contribution in [2.45, 2.75) is 13.0 Å². The predicted octanol–water partition coefficient (Wildman–Crippen LogP) is 2.86. The van der Waals surface area contributed by atoms with Crippen LogP contribution in [0.1, 0.15) is 11.5 Å². The SMILES string of the molecule is COc1ccc(-c2n[nH]c(CNC(=O)Cc3csc(-c4ccccn4)n3)n2)cc1. The lowest BCUT2D eigenvalue weighted by atomic mass is 10.2. The molecule has 0 saturated carbocycles. The van der Waals surface area contributed by atoms with E-state index in [1.54, 1.807) is 13.3 Å². The van der Waals surface area contributed by atoms with Gasteiger partial charge in [-0.1, -0.05) is 6.07 Å². The summed E-state index contributed by atoms with van der Waals surface area (Å²) in [5.41, 5.74) is 2.38. The number of nitrogens with one attached hydrogen (secondary N) is 2. The van der Waals surface area contributed by atoms with Gasteiger partial charge in [0.05, 0.1) is 31.5 Å². The Labute approximate surface area is 171 Å². The molecule has 29 heavy (non-hydrogen) atoms. The zero-order valence-electron chi connectivity index (χ0n) is 15.6. The third-order valence-electron chi connectivity index (χ3n) is 4.11. The molecular formula is C20H18N6O2S. The second kappa shape index (κ2) is 8.61. The number of hydrogen-bond donors (Lipinski definition) is 2. The van der Waals surface area contributed by atoms with Crippen LogP contribution in [0.4, 0.5) is 0 Å². The van der Waals surface area contributed by atoms with E-state index in [2.05, 4.69) is 30.5 Å². The largest absolute Gasteiger partial charge is 0.497 e. The van der Waals surface area contributed by atoms with Gasteiger partial charge >= 0.3 is 0 Å². The standard InChI is InChI=1S/C20H18N6O2S/c1-28-15-7-5-13(6-8-15)19-24-17(25-26-19)11-22-18(27)10-14-12-29-20(23-14)16-4-2-3-9-21-16/h2-9,12H,10-11H2,1H3,(H,22,27)(H,24,25,26). The van der Waals surface area contributed by atoms with Gasteiger partial charge in [0.25, 0.3) is 0 Å². The monoisotopic (exact) mass is 406 g/mol. The first-order valence-electron chi connectivity index (χ1n) is 8.89. The number of ether oxygens (including phenoxy) is 1. The van der Waals surface area contributed by atoms with Gasteiger partial charge in [0.2, 0.25) is 5.91 Å². The summed E-state index contributed by atoms with van der Waals surface area (Å²) in [5, 5.41) is 12.6. The van der Waals surface area contributed by atoms with Crippen molar-refractivity contribution in [1.29, 1.82) is 0 Å². The second-order valence-electron chi connectivity index (χ2n) is 6.15. The molecule has 0 bridgehead atoms. The van der Waals surface area contributed by atoms with Gasteiger partial charge in [0, 0.05) is 17.1 Å². The van der Waals surface area contributed by atoms with Crippen LogP contribution in [0.15, 0.2) is 54.0 Å². The molecule has 0 atom stereocenters. The lowest BCUT2D eigenvalue weighted by Gasteiger charge is -2.01. The molecule has 0 saturated heterocycles. The van der Waals surface area contributed by atoms with Crippen LogP contribution >= 0.6 is 11.3 Å². The highest BCUT2D eigenvalue weighted by Gasteiger charge is 2.11. The molecule has 0 aliphatic rings. The molecular weight excluding hydrogens is 388 g/mol. The average Bonchev–Trinajstić information content (AvgIpc) is 3.43. The van der Waals surface area contributed by atoms with E-state index in [4.69, 9.17) is 4.74 Å². The maximum Gasteiger partial charge on any atom is 0.226 e. The van der Waals surface area contributed by atoms with Crippen LogP contribution in [0.3, 0.4) is 0 Å². The second-order valence-corrected chi connectivity index (χ2v) is 7.00. The molecule has 3 heterocycles. The molecule has 9 heteroatoms. The van der Waals surface area contributed by atoms with Crippen molar-refractivity contribution in [3.63, 3.8) is 0 Å². The van der Waals surface area contributed by atoms with Crippen LogP contribution in [-0.4, -0.2) is 38.2 Å². The van der Waals surface area contributed by atoms with Crippen LogP contribution in [0.25, 0.3) is 22.1 Å². The predicted molar refractivity (Wildman–Crippen MR) is 109 cm³/mol. The van der Waals surface area contributed by atoms with E-state index in [1.807, 2.05) is 47.8 Å². The van der Waals surface area contributed by atoms with E-state index in [1.165, 1.54) is 11.3 Å². The first-order valence-corrected chi connectivity index (χ1v) is 9.77. The van der Waals surface area contributed by atoms with E-state index >= 15 is 0 Å². The number of carbonyl (C=O) groups is 1. The van der Waals surface area contributed by atoms with Gasteiger partial charge in [-0.15, -0.1) is 11.3 Å². The Bertz CT molecular complexity index is 1090. The van der Waals surface area contributed by atoms with E-state index in [0.717, 1.165) is 22.0 Å². The number of pyridine rings is 1. The molecule has 0 unspecified atom stereocenters.